The molecule has 0 spiro atoms. The van der Waals surface area contributed by atoms with Gasteiger partial charge < -0.3 is 10.2 Å². The number of rotatable bonds is 3. The van der Waals surface area contributed by atoms with Crippen molar-refractivity contribution in [1.29, 1.82) is 0 Å². The first-order valence-corrected chi connectivity index (χ1v) is 7.64. The molecule has 110 valence electrons. The summed E-state index contributed by atoms with van der Waals surface area (Å²) in [4.78, 5) is 14.6. The highest BCUT2D eigenvalue weighted by molar-refractivity contribution is 6.33. The minimum atomic E-state index is -0.0557. The SMILES string of the molecule is CC(C)c1ccc(C(=O)NC2CCN(C)CC2)c(Cl)c1. The molecule has 0 unspecified atom stereocenters. The van der Waals surface area contributed by atoms with Crippen molar-refractivity contribution in [2.75, 3.05) is 20.1 Å². The Labute approximate surface area is 126 Å². The van der Waals surface area contributed by atoms with Crippen molar-refractivity contribution in [3.8, 4) is 0 Å². The van der Waals surface area contributed by atoms with E-state index in [-0.39, 0.29) is 11.9 Å². The molecule has 3 nitrogen and oxygen atoms in total. The molecule has 0 saturated carbocycles. The number of nitrogens with zero attached hydrogens (tertiary/aromatic N) is 1. The van der Waals surface area contributed by atoms with Gasteiger partial charge in [-0.2, -0.15) is 0 Å². The predicted molar refractivity (Wildman–Crippen MR) is 83.5 cm³/mol. The summed E-state index contributed by atoms with van der Waals surface area (Å²) in [6, 6.07) is 5.98. The van der Waals surface area contributed by atoms with Crippen molar-refractivity contribution in [1.82, 2.24) is 10.2 Å². The summed E-state index contributed by atoms with van der Waals surface area (Å²) in [6.45, 7) is 6.30. The van der Waals surface area contributed by atoms with Gasteiger partial charge in [0.1, 0.15) is 0 Å². The third-order valence-electron chi connectivity index (χ3n) is 3.96. The number of likely N-dealkylation sites (tertiary alicyclic amines) is 1. The molecule has 1 aromatic carbocycles. The molecule has 1 fully saturated rings. The summed E-state index contributed by atoms with van der Waals surface area (Å²) in [7, 11) is 2.11. The van der Waals surface area contributed by atoms with Gasteiger partial charge in [-0.1, -0.05) is 31.5 Å². The summed E-state index contributed by atoms with van der Waals surface area (Å²) in [5.41, 5.74) is 1.74. The van der Waals surface area contributed by atoms with Gasteiger partial charge in [0.2, 0.25) is 0 Å². The zero-order chi connectivity index (χ0) is 14.7. The van der Waals surface area contributed by atoms with Gasteiger partial charge in [0.05, 0.1) is 10.6 Å². The standard InChI is InChI=1S/C16H23ClN2O/c1-11(2)12-4-5-14(15(17)10-12)16(20)18-13-6-8-19(3)9-7-13/h4-5,10-11,13H,6-9H2,1-3H3,(H,18,20). The fourth-order valence-electron chi connectivity index (χ4n) is 2.49. The van der Waals surface area contributed by atoms with Crippen LogP contribution >= 0.6 is 11.6 Å². The number of benzene rings is 1. The van der Waals surface area contributed by atoms with Gasteiger partial charge in [-0.25, -0.2) is 0 Å². The summed E-state index contributed by atoms with van der Waals surface area (Å²) in [5.74, 6) is 0.360. The second-order valence-electron chi connectivity index (χ2n) is 5.94. The first-order chi connectivity index (χ1) is 9.47. The van der Waals surface area contributed by atoms with E-state index in [2.05, 4.69) is 31.1 Å². The Kier molecular flexibility index (Phi) is 5.06. The van der Waals surface area contributed by atoms with E-state index in [0.29, 0.717) is 16.5 Å². The van der Waals surface area contributed by atoms with Gasteiger partial charge in [0.15, 0.2) is 0 Å². The van der Waals surface area contributed by atoms with Crippen molar-refractivity contribution in [2.45, 2.75) is 38.6 Å². The van der Waals surface area contributed by atoms with Crippen LogP contribution in [0.5, 0.6) is 0 Å². The molecule has 1 aromatic rings. The minimum Gasteiger partial charge on any atom is -0.349 e. The van der Waals surface area contributed by atoms with Gasteiger partial charge in [0, 0.05) is 6.04 Å². The van der Waals surface area contributed by atoms with Gasteiger partial charge in [-0.05, 0) is 56.6 Å². The van der Waals surface area contributed by atoms with Crippen molar-refractivity contribution < 1.29 is 4.79 Å². The number of carbonyl (C=O) groups is 1. The number of amides is 1. The Morgan fingerprint density at radius 3 is 2.55 bits per heavy atom. The smallest absolute Gasteiger partial charge is 0.253 e. The minimum absolute atomic E-state index is 0.0557. The van der Waals surface area contributed by atoms with E-state index >= 15 is 0 Å². The molecular weight excluding hydrogens is 272 g/mol. The Hall–Kier alpha value is -1.06. The van der Waals surface area contributed by atoms with Crippen LogP contribution in [0.25, 0.3) is 0 Å². The molecule has 0 bridgehead atoms. The Balaban J connectivity index is 2.02. The molecule has 1 saturated heterocycles. The van der Waals surface area contributed by atoms with Crippen LogP contribution in [0, 0.1) is 0 Å². The normalized spacial score (nSPS) is 17.4. The Morgan fingerprint density at radius 2 is 2.00 bits per heavy atom. The van der Waals surface area contributed by atoms with E-state index in [0.717, 1.165) is 31.5 Å². The second-order valence-corrected chi connectivity index (χ2v) is 6.35. The lowest BCUT2D eigenvalue weighted by atomic mass is 10.0. The third-order valence-corrected chi connectivity index (χ3v) is 4.27. The van der Waals surface area contributed by atoms with Gasteiger partial charge in [-0.3, -0.25) is 4.79 Å². The lowest BCUT2D eigenvalue weighted by molar-refractivity contribution is 0.0917. The second kappa shape index (κ2) is 6.59. The molecule has 0 aromatic heterocycles. The van der Waals surface area contributed by atoms with Crippen LogP contribution in [-0.2, 0) is 0 Å². The molecule has 1 aliphatic rings. The van der Waals surface area contributed by atoms with E-state index in [4.69, 9.17) is 11.6 Å². The average molecular weight is 295 g/mol. The number of hydrogen-bond donors (Lipinski definition) is 1. The third kappa shape index (κ3) is 3.74. The molecule has 1 aliphatic heterocycles. The van der Waals surface area contributed by atoms with Crippen molar-refractivity contribution in [3.05, 3.63) is 34.3 Å². The average Bonchev–Trinajstić information content (AvgIpc) is 2.41. The van der Waals surface area contributed by atoms with Gasteiger partial charge >= 0.3 is 0 Å². The lowest BCUT2D eigenvalue weighted by Gasteiger charge is -2.29. The maximum Gasteiger partial charge on any atom is 0.253 e. The Morgan fingerprint density at radius 1 is 1.35 bits per heavy atom. The van der Waals surface area contributed by atoms with Crippen LogP contribution in [0.4, 0.5) is 0 Å². The molecule has 0 aliphatic carbocycles. The number of carbonyl (C=O) groups excluding carboxylic acids is 1. The molecule has 0 atom stereocenters. The summed E-state index contributed by atoms with van der Waals surface area (Å²) >= 11 is 6.24. The van der Waals surface area contributed by atoms with E-state index in [1.807, 2.05) is 18.2 Å². The fourth-order valence-corrected chi connectivity index (χ4v) is 2.77. The molecule has 2 rings (SSSR count). The van der Waals surface area contributed by atoms with E-state index in [9.17, 15) is 4.79 Å². The highest BCUT2D eigenvalue weighted by atomic mass is 35.5. The number of piperidine rings is 1. The van der Waals surface area contributed by atoms with Crippen molar-refractivity contribution in [3.63, 3.8) is 0 Å². The monoisotopic (exact) mass is 294 g/mol. The van der Waals surface area contributed by atoms with Crippen LogP contribution in [0.1, 0.15) is 48.5 Å². The molecule has 1 amide bonds. The topological polar surface area (TPSA) is 32.3 Å². The van der Waals surface area contributed by atoms with E-state index in [1.165, 1.54) is 0 Å². The van der Waals surface area contributed by atoms with Crippen molar-refractivity contribution in [2.24, 2.45) is 0 Å². The highest BCUT2D eigenvalue weighted by Crippen LogP contribution is 2.23. The van der Waals surface area contributed by atoms with Gasteiger partial charge in [-0.15, -0.1) is 0 Å². The molecule has 0 radical (unpaired) electrons. The molecular formula is C16H23ClN2O. The molecule has 1 heterocycles. The van der Waals surface area contributed by atoms with Crippen molar-refractivity contribution >= 4 is 17.5 Å². The Bertz CT molecular complexity index is 479. The van der Waals surface area contributed by atoms with E-state index in [1.54, 1.807) is 0 Å². The quantitative estimate of drug-likeness (QED) is 0.928. The number of hydrogen-bond acceptors (Lipinski definition) is 2. The van der Waals surface area contributed by atoms with E-state index < -0.39 is 0 Å². The number of halogens is 1. The largest absolute Gasteiger partial charge is 0.349 e. The zero-order valence-corrected chi connectivity index (χ0v) is 13.2. The summed E-state index contributed by atoms with van der Waals surface area (Å²) in [6.07, 6.45) is 2.01. The summed E-state index contributed by atoms with van der Waals surface area (Å²) in [5, 5.41) is 3.64. The van der Waals surface area contributed by atoms with Crippen LogP contribution in [0.3, 0.4) is 0 Å². The van der Waals surface area contributed by atoms with Crippen LogP contribution in [0.2, 0.25) is 5.02 Å². The van der Waals surface area contributed by atoms with Gasteiger partial charge in [0.25, 0.3) is 5.91 Å². The molecule has 4 heteroatoms. The highest BCUT2D eigenvalue weighted by Gasteiger charge is 2.20. The van der Waals surface area contributed by atoms with Crippen LogP contribution < -0.4 is 5.32 Å². The molecule has 1 N–H and O–H groups in total. The zero-order valence-electron chi connectivity index (χ0n) is 12.4. The molecule has 20 heavy (non-hydrogen) atoms. The maximum absolute atomic E-state index is 12.3. The first-order valence-electron chi connectivity index (χ1n) is 7.26. The van der Waals surface area contributed by atoms with Crippen LogP contribution in [0.15, 0.2) is 18.2 Å². The first kappa shape index (κ1) is 15.3. The number of nitrogens with one attached hydrogen (secondary N) is 1. The van der Waals surface area contributed by atoms with Crippen LogP contribution in [-0.4, -0.2) is 37.0 Å². The maximum atomic E-state index is 12.3. The fraction of sp³-hybridized carbons (Fsp3) is 0.562. The predicted octanol–water partition coefficient (Wildman–Crippen LogP) is 3.29. The lowest BCUT2D eigenvalue weighted by Crippen LogP contribution is -2.43. The summed E-state index contributed by atoms with van der Waals surface area (Å²) < 4.78 is 0.